The van der Waals surface area contributed by atoms with Gasteiger partial charge in [-0.2, -0.15) is 0 Å². The molecule has 0 spiro atoms. The maximum atomic E-state index is 12.2. The Balaban J connectivity index is 1.51. The first-order valence-corrected chi connectivity index (χ1v) is 8.28. The smallest absolute Gasteiger partial charge is 0.251 e. The summed E-state index contributed by atoms with van der Waals surface area (Å²) in [6, 6.07) is 16.4. The zero-order valence-corrected chi connectivity index (χ0v) is 13.9. The second-order valence-electron chi connectivity index (χ2n) is 6.51. The summed E-state index contributed by atoms with van der Waals surface area (Å²) in [5.74, 6) is 0.546. The molecule has 1 aliphatic heterocycles. The summed E-state index contributed by atoms with van der Waals surface area (Å²) in [4.78, 5) is 14.6. The van der Waals surface area contributed by atoms with E-state index in [0.717, 1.165) is 31.6 Å². The molecule has 3 nitrogen and oxygen atoms in total. The SMILES string of the molecule is Cc1ccc(C(=O)NCC2CCN(c3ccc(C)cc3)C2)cc1. The zero-order chi connectivity index (χ0) is 16.2. The van der Waals surface area contributed by atoms with E-state index in [4.69, 9.17) is 0 Å². The Labute approximate surface area is 138 Å². The van der Waals surface area contributed by atoms with E-state index in [1.54, 1.807) is 0 Å². The molecule has 1 saturated heterocycles. The number of rotatable bonds is 4. The van der Waals surface area contributed by atoms with Gasteiger partial charge in [-0.1, -0.05) is 35.4 Å². The Morgan fingerprint density at radius 2 is 1.65 bits per heavy atom. The van der Waals surface area contributed by atoms with Gasteiger partial charge in [-0.15, -0.1) is 0 Å². The van der Waals surface area contributed by atoms with Gasteiger partial charge in [0.2, 0.25) is 0 Å². The van der Waals surface area contributed by atoms with E-state index >= 15 is 0 Å². The highest BCUT2D eigenvalue weighted by molar-refractivity contribution is 5.94. The van der Waals surface area contributed by atoms with Gasteiger partial charge in [0.25, 0.3) is 5.91 Å². The standard InChI is InChI=1S/C20H24N2O/c1-15-3-7-18(8-4-15)20(23)21-13-17-11-12-22(14-17)19-9-5-16(2)6-10-19/h3-10,17H,11-14H2,1-2H3,(H,21,23). The fourth-order valence-corrected chi connectivity index (χ4v) is 3.03. The van der Waals surface area contributed by atoms with Gasteiger partial charge in [0.05, 0.1) is 0 Å². The lowest BCUT2D eigenvalue weighted by atomic mass is 10.1. The monoisotopic (exact) mass is 308 g/mol. The molecule has 1 unspecified atom stereocenters. The lowest BCUT2D eigenvalue weighted by molar-refractivity contribution is 0.0948. The van der Waals surface area contributed by atoms with Crippen molar-refractivity contribution in [3.63, 3.8) is 0 Å². The van der Waals surface area contributed by atoms with Crippen LogP contribution in [0.4, 0.5) is 5.69 Å². The van der Waals surface area contributed by atoms with Crippen molar-refractivity contribution in [1.29, 1.82) is 0 Å². The largest absolute Gasteiger partial charge is 0.371 e. The van der Waals surface area contributed by atoms with Crippen LogP contribution in [0.1, 0.15) is 27.9 Å². The molecule has 1 amide bonds. The molecule has 1 aliphatic rings. The number of aryl methyl sites for hydroxylation is 2. The number of anilines is 1. The molecule has 2 aromatic carbocycles. The minimum atomic E-state index is 0.0267. The van der Waals surface area contributed by atoms with E-state index in [0.29, 0.717) is 5.92 Å². The van der Waals surface area contributed by atoms with Gasteiger partial charge in [-0.25, -0.2) is 0 Å². The molecule has 120 valence electrons. The lowest BCUT2D eigenvalue weighted by Gasteiger charge is -2.19. The van der Waals surface area contributed by atoms with Crippen molar-refractivity contribution in [1.82, 2.24) is 5.32 Å². The second kappa shape index (κ2) is 6.86. The maximum absolute atomic E-state index is 12.2. The highest BCUT2D eigenvalue weighted by atomic mass is 16.1. The van der Waals surface area contributed by atoms with Crippen LogP contribution in [-0.4, -0.2) is 25.5 Å². The molecule has 3 heteroatoms. The molecule has 1 heterocycles. The highest BCUT2D eigenvalue weighted by Crippen LogP contribution is 2.23. The Hall–Kier alpha value is -2.29. The average Bonchev–Trinajstić information content (AvgIpc) is 3.03. The van der Waals surface area contributed by atoms with Crippen molar-refractivity contribution in [2.45, 2.75) is 20.3 Å². The molecule has 0 bridgehead atoms. The summed E-state index contributed by atoms with van der Waals surface area (Å²) in [5.41, 5.74) is 4.48. The number of carbonyl (C=O) groups is 1. The molecular weight excluding hydrogens is 284 g/mol. The van der Waals surface area contributed by atoms with Gasteiger partial charge in [0, 0.05) is 30.9 Å². The van der Waals surface area contributed by atoms with Crippen molar-refractivity contribution in [3.05, 3.63) is 65.2 Å². The lowest BCUT2D eigenvalue weighted by Crippen LogP contribution is -2.31. The Kier molecular flexibility index (Phi) is 4.65. The number of nitrogens with one attached hydrogen (secondary N) is 1. The van der Waals surface area contributed by atoms with Crippen LogP contribution >= 0.6 is 0 Å². The molecule has 1 N–H and O–H groups in total. The quantitative estimate of drug-likeness (QED) is 0.936. The number of hydrogen-bond donors (Lipinski definition) is 1. The molecule has 3 rings (SSSR count). The highest BCUT2D eigenvalue weighted by Gasteiger charge is 2.23. The second-order valence-corrected chi connectivity index (χ2v) is 6.51. The number of carbonyl (C=O) groups excluding carboxylic acids is 1. The van der Waals surface area contributed by atoms with Gasteiger partial charge < -0.3 is 10.2 Å². The topological polar surface area (TPSA) is 32.3 Å². The Morgan fingerprint density at radius 1 is 1.04 bits per heavy atom. The van der Waals surface area contributed by atoms with Crippen LogP contribution < -0.4 is 10.2 Å². The molecular formula is C20H24N2O. The predicted octanol–water partition coefficient (Wildman–Crippen LogP) is 3.56. The summed E-state index contributed by atoms with van der Waals surface area (Å²) < 4.78 is 0. The third-order valence-corrected chi connectivity index (χ3v) is 4.55. The molecule has 23 heavy (non-hydrogen) atoms. The van der Waals surface area contributed by atoms with E-state index in [-0.39, 0.29) is 5.91 Å². The summed E-state index contributed by atoms with van der Waals surface area (Å²) in [6.45, 7) is 6.96. The van der Waals surface area contributed by atoms with Crippen molar-refractivity contribution in [2.24, 2.45) is 5.92 Å². The average molecular weight is 308 g/mol. The van der Waals surface area contributed by atoms with Crippen LogP contribution in [0.2, 0.25) is 0 Å². The minimum Gasteiger partial charge on any atom is -0.371 e. The zero-order valence-electron chi connectivity index (χ0n) is 13.9. The number of nitrogens with zero attached hydrogens (tertiary/aromatic N) is 1. The van der Waals surface area contributed by atoms with E-state index in [2.05, 4.69) is 41.4 Å². The van der Waals surface area contributed by atoms with E-state index in [1.165, 1.54) is 16.8 Å². The first-order chi connectivity index (χ1) is 11.1. The van der Waals surface area contributed by atoms with Gasteiger partial charge in [0.15, 0.2) is 0 Å². The van der Waals surface area contributed by atoms with Crippen molar-refractivity contribution in [2.75, 3.05) is 24.5 Å². The van der Waals surface area contributed by atoms with E-state index in [9.17, 15) is 4.79 Å². The van der Waals surface area contributed by atoms with E-state index < -0.39 is 0 Å². The Morgan fingerprint density at radius 3 is 2.30 bits per heavy atom. The number of amides is 1. The third-order valence-electron chi connectivity index (χ3n) is 4.55. The van der Waals surface area contributed by atoms with Crippen molar-refractivity contribution in [3.8, 4) is 0 Å². The van der Waals surface area contributed by atoms with Crippen LogP contribution in [-0.2, 0) is 0 Å². The van der Waals surface area contributed by atoms with Crippen molar-refractivity contribution >= 4 is 11.6 Å². The van der Waals surface area contributed by atoms with Crippen molar-refractivity contribution < 1.29 is 4.79 Å². The number of benzene rings is 2. The minimum absolute atomic E-state index is 0.0267. The summed E-state index contributed by atoms with van der Waals surface area (Å²) >= 11 is 0. The van der Waals surface area contributed by atoms with Crippen LogP contribution in [0.3, 0.4) is 0 Å². The molecule has 0 saturated carbocycles. The summed E-state index contributed by atoms with van der Waals surface area (Å²) in [6.07, 6.45) is 1.13. The molecule has 1 fully saturated rings. The van der Waals surface area contributed by atoms with Gasteiger partial charge in [-0.3, -0.25) is 4.79 Å². The molecule has 0 aliphatic carbocycles. The first-order valence-electron chi connectivity index (χ1n) is 8.28. The Bertz CT molecular complexity index is 661. The fourth-order valence-electron chi connectivity index (χ4n) is 3.03. The molecule has 0 radical (unpaired) electrons. The third kappa shape index (κ3) is 3.92. The van der Waals surface area contributed by atoms with Gasteiger partial charge in [-0.05, 0) is 50.5 Å². The number of hydrogen-bond acceptors (Lipinski definition) is 2. The molecule has 1 atom stereocenters. The normalized spacial score (nSPS) is 17.3. The van der Waals surface area contributed by atoms with E-state index in [1.807, 2.05) is 31.2 Å². The molecule has 2 aromatic rings. The van der Waals surface area contributed by atoms with Crippen LogP contribution in [0.5, 0.6) is 0 Å². The summed E-state index contributed by atoms with van der Waals surface area (Å²) in [5, 5.41) is 3.08. The van der Waals surface area contributed by atoms with Crippen LogP contribution in [0, 0.1) is 19.8 Å². The van der Waals surface area contributed by atoms with Gasteiger partial charge >= 0.3 is 0 Å². The van der Waals surface area contributed by atoms with Crippen LogP contribution in [0.15, 0.2) is 48.5 Å². The maximum Gasteiger partial charge on any atom is 0.251 e. The van der Waals surface area contributed by atoms with Gasteiger partial charge in [0.1, 0.15) is 0 Å². The van der Waals surface area contributed by atoms with Crippen LogP contribution in [0.25, 0.3) is 0 Å². The fraction of sp³-hybridized carbons (Fsp3) is 0.350. The summed E-state index contributed by atoms with van der Waals surface area (Å²) in [7, 11) is 0. The molecule has 0 aromatic heterocycles. The first kappa shape index (κ1) is 15.6. The predicted molar refractivity (Wildman–Crippen MR) is 95.0 cm³/mol.